The Hall–Kier alpha value is -2.33. The molecule has 1 amide bonds. The third kappa shape index (κ3) is 2.67. The van der Waals surface area contributed by atoms with Crippen molar-refractivity contribution in [3.8, 4) is 0 Å². The second-order valence-electron chi connectivity index (χ2n) is 3.95. The van der Waals surface area contributed by atoms with Crippen molar-refractivity contribution in [1.29, 1.82) is 0 Å². The van der Waals surface area contributed by atoms with Crippen molar-refractivity contribution in [2.45, 2.75) is 6.54 Å². The van der Waals surface area contributed by atoms with Crippen LogP contribution in [0.2, 0.25) is 0 Å². The van der Waals surface area contributed by atoms with Crippen LogP contribution in [0, 0.1) is 0 Å². The quantitative estimate of drug-likeness (QED) is 0.719. The van der Waals surface area contributed by atoms with Crippen molar-refractivity contribution in [1.82, 2.24) is 0 Å². The maximum Gasteiger partial charge on any atom is 0.257 e. The Morgan fingerprint density at radius 3 is 2.44 bits per heavy atom. The minimum atomic E-state index is -0.220. The van der Waals surface area contributed by atoms with Gasteiger partial charge in [-0.15, -0.1) is 0 Å². The number of nitrogens with one attached hydrogen (secondary N) is 1. The number of benzene rings is 2. The topological polar surface area (TPSA) is 81.1 Å². The van der Waals surface area contributed by atoms with Crippen LogP contribution in [-0.4, -0.2) is 5.91 Å². The lowest BCUT2D eigenvalue weighted by atomic mass is 10.1. The van der Waals surface area contributed by atoms with E-state index in [4.69, 9.17) is 11.5 Å². The summed E-state index contributed by atoms with van der Waals surface area (Å²) in [6.07, 6.45) is 0. The number of hydrogen-bond acceptors (Lipinski definition) is 3. The largest absolute Gasteiger partial charge is 0.398 e. The zero-order chi connectivity index (χ0) is 13.0. The van der Waals surface area contributed by atoms with Crippen LogP contribution >= 0.6 is 0 Å². The van der Waals surface area contributed by atoms with E-state index in [1.54, 1.807) is 18.2 Å². The van der Waals surface area contributed by atoms with Gasteiger partial charge in [0.25, 0.3) is 5.91 Å². The summed E-state index contributed by atoms with van der Waals surface area (Å²) in [6, 6.07) is 14.5. The Morgan fingerprint density at radius 1 is 1.11 bits per heavy atom. The molecule has 0 fully saturated rings. The molecule has 0 aromatic heterocycles. The first kappa shape index (κ1) is 12.1. The van der Waals surface area contributed by atoms with E-state index < -0.39 is 0 Å². The molecule has 2 aromatic carbocycles. The molecular formula is C14H15N3O. The van der Waals surface area contributed by atoms with Gasteiger partial charge >= 0.3 is 0 Å². The van der Waals surface area contributed by atoms with Crippen LogP contribution in [0.25, 0.3) is 0 Å². The SMILES string of the molecule is NCc1ccc(C(=O)Nc2ccccc2)c(N)c1. The first-order valence-corrected chi connectivity index (χ1v) is 5.65. The van der Waals surface area contributed by atoms with E-state index in [1.807, 2.05) is 30.3 Å². The highest BCUT2D eigenvalue weighted by atomic mass is 16.1. The van der Waals surface area contributed by atoms with Gasteiger partial charge in [0.1, 0.15) is 0 Å². The number of carbonyl (C=O) groups excluding carboxylic acids is 1. The minimum Gasteiger partial charge on any atom is -0.398 e. The van der Waals surface area contributed by atoms with E-state index in [-0.39, 0.29) is 5.91 Å². The van der Waals surface area contributed by atoms with Crippen molar-refractivity contribution >= 4 is 17.3 Å². The number of carbonyl (C=O) groups is 1. The molecule has 0 bridgehead atoms. The Bertz CT molecular complexity index is 552. The van der Waals surface area contributed by atoms with Crippen molar-refractivity contribution in [3.05, 3.63) is 59.7 Å². The van der Waals surface area contributed by atoms with Crippen LogP contribution in [0.4, 0.5) is 11.4 Å². The molecule has 0 saturated heterocycles. The summed E-state index contributed by atoms with van der Waals surface area (Å²) >= 11 is 0. The normalized spacial score (nSPS) is 10.1. The molecule has 4 heteroatoms. The van der Waals surface area contributed by atoms with Crippen LogP contribution < -0.4 is 16.8 Å². The fraction of sp³-hybridized carbons (Fsp3) is 0.0714. The molecule has 0 radical (unpaired) electrons. The first-order valence-electron chi connectivity index (χ1n) is 5.65. The molecule has 0 heterocycles. The van der Waals surface area contributed by atoms with E-state index in [1.165, 1.54) is 0 Å². The Kier molecular flexibility index (Phi) is 3.60. The number of amides is 1. The summed E-state index contributed by atoms with van der Waals surface area (Å²) in [7, 11) is 0. The van der Waals surface area contributed by atoms with Gasteiger partial charge in [0.05, 0.1) is 5.56 Å². The number of para-hydroxylation sites is 1. The van der Waals surface area contributed by atoms with Crippen LogP contribution in [0.3, 0.4) is 0 Å². The summed E-state index contributed by atoms with van der Waals surface area (Å²) in [4.78, 5) is 12.0. The predicted octanol–water partition coefficient (Wildman–Crippen LogP) is 1.98. The van der Waals surface area contributed by atoms with E-state index >= 15 is 0 Å². The highest BCUT2D eigenvalue weighted by Crippen LogP contribution is 2.16. The van der Waals surface area contributed by atoms with Gasteiger partial charge in [0.2, 0.25) is 0 Å². The van der Waals surface area contributed by atoms with Crippen molar-refractivity contribution in [2.75, 3.05) is 11.1 Å². The molecular weight excluding hydrogens is 226 g/mol. The third-order valence-corrected chi connectivity index (χ3v) is 2.63. The minimum absolute atomic E-state index is 0.220. The molecule has 2 rings (SSSR count). The summed E-state index contributed by atoms with van der Waals surface area (Å²) in [5.41, 5.74) is 13.9. The van der Waals surface area contributed by atoms with Gasteiger partial charge in [-0.05, 0) is 29.8 Å². The molecule has 18 heavy (non-hydrogen) atoms. The summed E-state index contributed by atoms with van der Waals surface area (Å²) in [6.45, 7) is 0.408. The Labute approximate surface area is 106 Å². The number of rotatable bonds is 3. The van der Waals surface area contributed by atoms with Gasteiger partial charge in [-0.25, -0.2) is 0 Å². The van der Waals surface area contributed by atoms with Crippen LogP contribution in [-0.2, 0) is 6.54 Å². The lowest BCUT2D eigenvalue weighted by molar-refractivity contribution is 0.102. The van der Waals surface area contributed by atoms with Crippen LogP contribution in [0.15, 0.2) is 48.5 Å². The van der Waals surface area contributed by atoms with E-state index in [0.29, 0.717) is 17.8 Å². The van der Waals surface area contributed by atoms with E-state index in [0.717, 1.165) is 11.3 Å². The fourth-order valence-electron chi connectivity index (χ4n) is 1.67. The molecule has 0 unspecified atom stereocenters. The van der Waals surface area contributed by atoms with Gasteiger partial charge < -0.3 is 16.8 Å². The second-order valence-corrected chi connectivity index (χ2v) is 3.95. The molecule has 0 atom stereocenters. The average molecular weight is 241 g/mol. The molecule has 0 aliphatic carbocycles. The van der Waals surface area contributed by atoms with Crippen LogP contribution in [0.1, 0.15) is 15.9 Å². The molecule has 2 aromatic rings. The number of nitrogens with two attached hydrogens (primary N) is 2. The van der Waals surface area contributed by atoms with Gasteiger partial charge in [0, 0.05) is 17.9 Å². The van der Waals surface area contributed by atoms with Gasteiger partial charge in [-0.1, -0.05) is 24.3 Å². The smallest absolute Gasteiger partial charge is 0.257 e. The number of hydrogen-bond donors (Lipinski definition) is 3. The fourth-order valence-corrected chi connectivity index (χ4v) is 1.67. The van der Waals surface area contributed by atoms with Crippen molar-refractivity contribution in [2.24, 2.45) is 5.73 Å². The maximum atomic E-state index is 12.0. The van der Waals surface area contributed by atoms with Crippen molar-refractivity contribution < 1.29 is 4.79 Å². The number of anilines is 2. The van der Waals surface area contributed by atoms with E-state index in [2.05, 4.69) is 5.32 Å². The lowest BCUT2D eigenvalue weighted by Gasteiger charge is -2.08. The number of nitrogen functional groups attached to an aromatic ring is 1. The standard InChI is InChI=1S/C14H15N3O/c15-9-10-6-7-12(13(16)8-10)14(18)17-11-4-2-1-3-5-11/h1-8H,9,15-16H2,(H,17,18). The molecule has 0 aliphatic rings. The van der Waals surface area contributed by atoms with Gasteiger partial charge in [0.15, 0.2) is 0 Å². The Morgan fingerprint density at radius 2 is 1.83 bits per heavy atom. The van der Waals surface area contributed by atoms with Gasteiger partial charge in [-0.2, -0.15) is 0 Å². The zero-order valence-corrected chi connectivity index (χ0v) is 9.89. The predicted molar refractivity (Wildman–Crippen MR) is 73.1 cm³/mol. The molecule has 4 nitrogen and oxygen atoms in total. The van der Waals surface area contributed by atoms with Gasteiger partial charge in [-0.3, -0.25) is 4.79 Å². The average Bonchev–Trinajstić information content (AvgIpc) is 2.39. The monoisotopic (exact) mass is 241 g/mol. The zero-order valence-electron chi connectivity index (χ0n) is 9.89. The summed E-state index contributed by atoms with van der Waals surface area (Å²) in [5, 5.41) is 2.79. The second kappa shape index (κ2) is 5.33. The van der Waals surface area contributed by atoms with Crippen LogP contribution in [0.5, 0.6) is 0 Å². The van der Waals surface area contributed by atoms with Crippen molar-refractivity contribution in [3.63, 3.8) is 0 Å². The molecule has 0 saturated carbocycles. The molecule has 0 spiro atoms. The highest BCUT2D eigenvalue weighted by molar-refractivity contribution is 6.07. The lowest BCUT2D eigenvalue weighted by Crippen LogP contribution is -2.14. The molecule has 5 N–H and O–H groups in total. The Balaban J connectivity index is 2.19. The molecule has 92 valence electrons. The highest BCUT2D eigenvalue weighted by Gasteiger charge is 2.09. The van der Waals surface area contributed by atoms with E-state index in [9.17, 15) is 4.79 Å². The maximum absolute atomic E-state index is 12.0. The summed E-state index contributed by atoms with van der Waals surface area (Å²) < 4.78 is 0. The molecule has 0 aliphatic heterocycles. The third-order valence-electron chi connectivity index (χ3n) is 2.63. The summed E-state index contributed by atoms with van der Waals surface area (Å²) in [5.74, 6) is -0.220. The first-order chi connectivity index (χ1) is 8.70.